The molecule has 1 saturated carbocycles. The van der Waals surface area contributed by atoms with Crippen LogP contribution in [0.2, 0.25) is 15.1 Å². The van der Waals surface area contributed by atoms with E-state index in [0.717, 1.165) is 12.8 Å². The van der Waals surface area contributed by atoms with Crippen LogP contribution in [0.1, 0.15) is 12.8 Å². The number of aliphatic carboxylic acids is 1. The molecule has 0 aromatic heterocycles. The van der Waals surface area contributed by atoms with Crippen molar-refractivity contribution in [1.82, 2.24) is 4.90 Å². The maximum Gasteiger partial charge on any atom is 0.317 e. The maximum absolute atomic E-state index is 12.0. The van der Waals surface area contributed by atoms with Crippen molar-refractivity contribution in [2.75, 3.05) is 18.4 Å². The number of nitrogens with one attached hydrogen (secondary N) is 1. The zero-order chi connectivity index (χ0) is 15.6. The topological polar surface area (TPSA) is 69.6 Å². The number of carboxylic acid groups (broad SMARTS) is 1. The van der Waals surface area contributed by atoms with Crippen LogP contribution in [0, 0.1) is 0 Å². The third kappa shape index (κ3) is 4.74. The van der Waals surface area contributed by atoms with Gasteiger partial charge in [0.05, 0.1) is 33.8 Å². The number of carbonyl (C=O) groups is 2. The highest BCUT2D eigenvalue weighted by molar-refractivity contribution is 6.44. The van der Waals surface area contributed by atoms with Crippen molar-refractivity contribution in [2.45, 2.75) is 18.9 Å². The molecular weight excluding hydrogens is 339 g/mol. The summed E-state index contributed by atoms with van der Waals surface area (Å²) in [5.41, 5.74) is 0.349. The first-order chi connectivity index (χ1) is 9.86. The van der Waals surface area contributed by atoms with Gasteiger partial charge in [0, 0.05) is 6.04 Å². The lowest BCUT2D eigenvalue weighted by molar-refractivity contribution is -0.138. The first kappa shape index (κ1) is 16.4. The number of anilines is 1. The molecule has 1 aliphatic rings. The van der Waals surface area contributed by atoms with Crippen LogP contribution in [0.3, 0.4) is 0 Å². The molecule has 2 N–H and O–H groups in total. The highest BCUT2D eigenvalue weighted by atomic mass is 35.5. The number of nitrogens with zero attached hydrogens (tertiary/aromatic N) is 1. The van der Waals surface area contributed by atoms with Gasteiger partial charge in [-0.15, -0.1) is 0 Å². The summed E-state index contributed by atoms with van der Waals surface area (Å²) in [5.74, 6) is -1.30. The van der Waals surface area contributed by atoms with E-state index in [-0.39, 0.29) is 35.1 Å². The van der Waals surface area contributed by atoms with E-state index in [2.05, 4.69) is 5.32 Å². The predicted octanol–water partition coefficient (Wildman–Crippen LogP) is 3.13. The van der Waals surface area contributed by atoms with Gasteiger partial charge < -0.3 is 10.4 Å². The second kappa shape index (κ2) is 6.83. The number of carboxylic acids is 1. The van der Waals surface area contributed by atoms with Crippen LogP contribution in [-0.2, 0) is 9.59 Å². The van der Waals surface area contributed by atoms with Crippen LogP contribution in [0.5, 0.6) is 0 Å². The Hall–Kier alpha value is -1.01. The summed E-state index contributed by atoms with van der Waals surface area (Å²) >= 11 is 17.7. The molecule has 0 bridgehead atoms. The van der Waals surface area contributed by atoms with Crippen molar-refractivity contribution >= 4 is 52.4 Å². The maximum atomic E-state index is 12.0. The molecule has 0 unspecified atom stereocenters. The summed E-state index contributed by atoms with van der Waals surface area (Å²) < 4.78 is 0. The summed E-state index contributed by atoms with van der Waals surface area (Å²) in [4.78, 5) is 24.4. The number of carbonyl (C=O) groups excluding carboxylic acids is 1. The normalized spacial score (nSPS) is 14.3. The summed E-state index contributed by atoms with van der Waals surface area (Å²) in [6.45, 7) is -0.166. The van der Waals surface area contributed by atoms with E-state index in [4.69, 9.17) is 39.9 Å². The lowest BCUT2D eigenvalue weighted by atomic mass is 10.3. The fraction of sp³-hybridized carbons (Fsp3) is 0.385. The van der Waals surface area contributed by atoms with Gasteiger partial charge in [0.2, 0.25) is 5.91 Å². The first-order valence-corrected chi connectivity index (χ1v) is 7.40. The molecule has 5 nitrogen and oxygen atoms in total. The number of benzene rings is 1. The van der Waals surface area contributed by atoms with E-state index < -0.39 is 5.97 Å². The van der Waals surface area contributed by atoms with Crippen LogP contribution in [0.15, 0.2) is 12.1 Å². The van der Waals surface area contributed by atoms with Crippen molar-refractivity contribution in [3.05, 3.63) is 27.2 Å². The Morgan fingerprint density at radius 2 is 1.76 bits per heavy atom. The Balaban J connectivity index is 2.00. The molecule has 1 aromatic rings. The van der Waals surface area contributed by atoms with Crippen molar-refractivity contribution in [3.8, 4) is 0 Å². The molecule has 1 aliphatic carbocycles. The lowest BCUT2D eigenvalue weighted by Crippen LogP contribution is -2.38. The van der Waals surface area contributed by atoms with Crippen molar-refractivity contribution in [2.24, 2.45) is 0 Å². The second-order valence-corrected chi connectivity index (χ2v) is 6.05. The van der Waals surface area contributed by atoms with Gasteiger partial charge in [0.15, 0.2) is 0 Å². The smallest absolute Gasteiger partial charge is 0.317 e. The van der Waals surface area contributed by atoms with Gasteiger partial charge >= 0.3 is 5.97 Å². The largest absolute Gasteiger partial charge is 0.480 e. The molecule has 2 rings (SSSR count). The van der Waals surface area contributed by atoms with Crippen LogP contribution in [0.25, 0.3) is 0 Å². The fourth-order valence-corrected chi connectivity index (χ4v) is 2.51. The third-order valence-corrected chi connectivity index (χ3v) is 4.07. The number of rotatable bonds is 6. The third-order valence-electron chi connectivity index (χ3n) is 3.03. The number of halogens is 3. The highest BCUT2D eigenvalue weighted by Gasteiger charge is 2.31. The molecule has 0 radical (unpaired) electrons. The van der Waals surface area contributed by atoms with Crippen LogP contribution in [0.4, 0.5) is 5.69 Å². The molecular formula is C13H13Cl3N2O3. The average Bonchev–Trinajstić information content (AvgIpc) is 3.18. The van der Waals surface area contributed by atoms with Gasteiger partial charge in [0.25, 0.3) is 0 Å². The highest BCUT2D eigenvalue weighted by Crippen LogP contribution is 2.32. The number of hydrogen-bond donors (Lipinski definition) is 2. The molecule has 1 amide bonds. The van der Waals surface area contributed by atoms with Gasteiger partial charge in [-0.1, -0.05) is 34.8 Å². The van der Waals surface area contributed by atoms with Crippen molar-refractivity contribution in [1.29, 1.82) is 0 Å². The summed E-state index contributed by atoms with van der Waals surface area (Å²) in [6, 6.07) is 3.07. The zero-order valence-corrected chi connectivity index (χ0v) is 13.2. The van der Waals surface area contributed by atoms with E-state index in [1.165, 1.54) is 12.1 Å². The minimum atomic E-state index is -0.956. The average molecular weight is 352 g/mol. The Labute approximate surface area is 136 Å². The van der Waals surface area contributed by atoms with E-state index in [9.17, 15) is 9.59 Å². The Bertz CT molecular complexity index is 576. The van der Waals surface area contributed by atoms with Gasteiger partial charge in [-0.2, -0.15) is 0 Å². The number of hydrogen-bond acceptors (Lipinski definition) is 3. The Kier molecular flexibility index (Phi) is 5.32. The van der Waals surface area contributed by atoms with Gasteiger partial charge in [-0.05, 0) is 25.0 Å². The van der Waals surface area contributed by atoms with Crippen LogP contribution < -0.4 is 5.32 Å². The first-order valence-electron chi connectivity index (χ1n) is 6.27. The van der Waals surface area contributed by atoms with Gasteiger partial charge in [-0.3, -0.25) is 14.5 Å². The fourth-order valence-electron chi connectivity index (χ4n) is 1.92. The number of amides is 1. The molecule has 1 fully saturated rings. The molecule has 114 valence electrons. The zero-order valence-electron chi connectivity index (χ0n) is 10.9. The molecule has 0 spiro atoms. The van der Waals surface area contributed by atoms with Gasteiger partial charge in [0.1, 0.15) is 0 Å². The monoisotopic (exact) mass is 350 g/mol. The second-order valence-electron chi connectivity index (χ2n) is 4.82. The van der Waals surface area contributed by atoms with E-state index in [1.807, 2.05) is 0 Å². The van der Waals surface area contributed by atoms with Crippen LogP contribution >= 0.6 is 34.8 Å². The summed E-state index contributed by atoms with van der Waals surface area (Å²) in [6.07, 6.45) is 1.82. The molecule has 21 heavy (non-hydrogen) atoms. The lowest BCUT2D eigenvalue weighted by Gasteiger charge is -2.19. The molecule has 0 saturated heterocycles. The molecule has 8 heteroatoms. The van der Waals surface area contributed by atoms with Crippen LogP contribution in [-0.4, -0.2) is 41.0 Å². The molecule has 1 aromatic carbocycles. The minimum absolute atomic E-state index is 0.00641. The molecule has 0 aliphatic heterocycles. The van der Waals surface area contributed by atoms with E-state index >= 15 is 0 Å². The minimum Gasteiger partial charge on any atom is -0.480 e. The standard InChI is InChI=1S/C13H13Cl3N2O3/c14-8-3-10(16)11(4-9(8)15)17-12(19)5-18(6-13(20)21)7-1-2-7/h3-4,7H,1-2,5-6H2,(H,17,19)(H,20,21). The van der Waals surface area contributed by atoms with E-state index in [0.29, 0.717) is 10.7 Å². The molecule has 0 atom stereocenters. The summed E-state index contributed by atoms with van der Waals surface area (Å²) in [5, 5.41) is 12.3. The van der Waals surface area contributed by atoms with E-state index in [1.54, 1.807) is 4.90 Å². The Morgan fingerprint density at radius 1 is 1.14 bits per heavy atom. The quantitative estimate of drug-likeness (QED) is 0.773. The molecule has 0 heterocycles. The van der Waals surface area contributed by atoms with Crippen molar-refractivity contribution < 1.29 is 14.7 Å². The SMILES string of the molecule is O=C(O)CN(CC(=O)Nc1cc(Cl)c(Cl)cc1Cl)C1CC1. The van der Waals surface area contributed by atoms with Crippen molar-refractivity contribution in [3.63, 3.8) is 0 Å². The Morgan fingerprint density at radius 3 is 2.33 bits per heavy atom. The summed E-state index contributed by atoms with van der Waals surface area (Å²) in [7, 11) is 0. The predicted molar refractivity (Wildman–Crippen MR) is 82.3 cm³/mol. The van der Waals surface area contributed by atoms with Gasteiger partial charge in [-0.25, -0.2) is 0 Å².